The normalized spacial score (nSPS) is 13.4. The van der Waals surface area contributed by atoms with Gasteiger partial charge in [-0.15, -0.1) is 0 Å². The highest BCUT2D eigenvalue weighted by atomic mass is 16.1. The molecule has 0 fully saturated rings. The average molecular weight is 154 g/mol. The molecule has 0 saturated heterocycles. The fourth-order valence-electron chi connectivity index (χ4n) is 0.565. The molecule has 0 amide bonds. The molecule has 0 aliphatic rings. The maximum Gasteiger partial charge on any atom is 0.158 e. The quantitative estimate of drug-likeness (QED) is 0.578. The summed E-state index contributed by atoms with van der Waals surface area (Å²) in [5, 5.41) is 0. The summed E-state index contributed by atoms with van der Waals surface area (Å²) in [5.41, 5.74) is 0. The smallest absolute Gasteiger partial charge is 0.158 e. The maximum atomic E-state index is 11.0. The van der Waals surface area contributed by atoms with Crippen LogP contribution in [0.2, 0.25) is 0 Å². The van der Waals surface area contributed by atoms with E-state index < -0.39 is 0 Å². The van der Waals surface area contributed by atoms with Crippen LogP contribution in [0, 0.1) is 5.92 Å². The van der Waals surface area contributed by atoms with Gasteiger partial charge in [0.1, 0.15) is 0 Å². The van der Waals surface area contributed by atoms with E-state index in [0.717, 1.165) is 6.42 Å². The molecular weight excluding hydrogens is 140 g/mol. The van der Waals surface area contributed by atoms with E-state index in [1.54, 1.807) is 0 Å². The van der Waals surface area contributed by atoms with Crippen LogP contribution in [0.3, 0.4) is 0 Å². The minimum absolute atomic E-state index is 0.0303. The molecule has 0 heterocycles. The third kappa shape index (κ3) is 4.48. The summed E-state index contributed by atoms with van der Waals surface area (Å²) in [7, 11) is 0. The molecule has 1 unspecified atom stereocenters. The Morgan fingerprint density at radius 3 is 2.27 bits per heavy atom. The lowest BCUT2D eigenvalue weighted by molar-refractivity contribution is -0.118. The predicted molar refractivity (Wildman–Crippen MR) is 44.3 cm³/mol. The predicted octanol–water partition coefficient (Wildman–Crippen LogP) is 1.75. The lowest BCUT2D eigenvalue weighted by Crippen LogP contribution is -2.06. The molecule has 0 saturated carbocycles. The monoisotopic (exact) mass is 154 g/mol. The Balaban J connectivity index is 3.96. The molecule has 1 atom stereocenters. The molecule has 0 aromatic heterocycles. The second kappa shape index (κ2) is 4.83. The van der Waals surface area contributed by atoms with Crippen LogP contribution < -0.4 is 0 Å². The van der Waals surface area contributed by atoms with Crippen LogP contribution in [-0.2, 0) is 9.59 Å². The van der Waals surface area contributed by atoms with Crippen molar-refractivity contribution in [1.82, 2.24) is 0 Å². The van der Waals surface area contributed by atoms with E-state index in [9.17, 15) is 9.59 Å². The van der Waals surface area contributed by atoms with Gasteiger partial charge in [-0.25, -0.2) is 0 Å². The molecule has 62 valence electrons. The number of allylic oxidation sites excluding steroid dienone is 2. The molecule has 2 nitrogen and oxygen atoms in total. The van der Waals surface area contributed by atoms with Crippen molar-refractivity contribution in [2.24, 2.45) is 5.92 Å². The molecule has 0 radical (unpaired) electrons. The van der Waals surface area contributed by atoms with Crippen LogP contribution in [0.25, 0.3) is 0 Å². The Labute approximate surface area is 67.3 Å². The number of hydrogen-bond donors (Lipinski definition) is 0. The number of carbonyl (C=O) groups excluding carboxylic acids is 2. The highest BCUT2D eigenvalue weighted by Gasteiger charge is 2.05. The van der Waals surface area contributed by atoms with Crippen molar-refractivity contribution in [3.05, 3.63) is 12.2 Å². The van der Waals surface area contributed by atoms with E-state index >= 15 is 0 Å². The van der Waals surface area contributed by atoms with Gasteiger partial charge in [0.05, 0.1) is 0 Å². The average Bonchev–Trinajstić information content (AvgIpc) is 1.98. The zero-order valence-corrected chi connectivity index (χ0v) is 7.26. The highest BCUT2D eigenvalue weighted by Crippen LogP contribution is 2.02. The number of rotatable bonds is 4. The van der Waals surface area contributed by atoms with Gasteiger partial charge >= 0.3 is 0 Å². The van der Waals surface area contributed by atoms with E-state index in [0.29, 0.717) is 0 Å². The molecule has 0 aromatic carbocycles. The van der Waals surface area contributed by atoms with Crippen molar-refractivity contribution in [3.63, 3.8) is 0 Å². The van der Waals surface area contributed by atoms with Gasteiger partial charge in [0.15, 0.2) is 11.6 Å². The SMILES string of the molecule is CCC(C)C(=O)/C=C\C(C)=O. The van der Waals surface area contributed by atoms with Gasteiger partial charge in [-0.1, -0.05) is 13.8 Å². The largest absolute Gasteiger partial charge is 0.295 e. The van der Waals surface area contributed by atoms with E-state index in [1.165, 1.54) is 19.1 Å². The summed E-state index contributed by atoms with van der Waals surface area (Å²) >= 11 is 0. The zero-order valence-electron chi connectivity index (χ0n) is 7.26. The molecule has 0 aliphatic carbocycles. The van der Waals surface area contributed by atoms with Crippen LogP contribution >= 0.6 is 0 Å². The molecule has 0 bridgehead atoms. The highest BCUT2D eigenvalue weighted by molar-refractivity contribution is 5.98. The topological polar surface area (TPSA) is 34.1 Å². The lowest BCUT2D eigenvalue weighted by atomic mass is 10.0. The van der Waals surface area contributed by atoms with Gasteiger partial charge in [-0.3, -0.25) is 9.59 Å². The van der Waals surface area contributed by atoms with Crippen LogP contribution in [0.4, 0.5) is 0 Å². The summed E-state index contributed by atoms with van der Waals surface area (Å²) in [6.45, 7) is 5.23. The van der Waals surface area contributed by atoms with Crippen molar-refractivity contribution in [3.8, 4) is 0 Å². The minimum atomic E-state index is -0.0818. The van der Waals surface area contributed by atoms with Crippen LogP contribution in [-0.4, -0.2) is 11.6 Å². The second-order valence-corrected chi connectivity index (χ2v) is 2.66. The number of ketones is 2. The van der Waals surface area contributed by atoms with Crippen molar-refractivity contribution in [2.45, 2.75) is 27.2 Å². The lowest BCUT2D eigenvalue weighted by Gasteiger charge is -2.00. The third-order valence-electron chi connectivity index (χ3n) is 1.58. The van der Waals surface area contributed by atoms with E-state index in [-0.39, 0.29) is 17.5 Å². The van der Waals surface area contributed by atoms with Crippen LogP contribution in [0.15, 0.2) is 12.2 Å². The Hall–Kier alpha value is -0.920. The summed E-state index contributed by atoms with van der Waals surface area (Å²) < 4.78 is 0. The Bertz CT molecular complexity index is 180. The Kier molecular flexibility index (Phi) is 4.42. The second-order valence-electron chi connectivity index (χ2n) is 2.66. The van der Waals surface area contributed by atoms with Gasteiger partial charge in [0, 0.05) is 5.92 Å². The number of carbonyl (C=O) groups is 2. The van der Waals surface area contributed by atoms with E-state index in [1.807, 2.05) is 13.8 Å². The first-order valence-corrected chi connectivity index (χ1v) is 3.80. The first-order chi connectivity index (χ1) is 5.07. The van der Waals surface area contributed by atoms with Gasteiger partial charge in [0.25, 0.3) is 0 Å². The molecule has 11 heavy (non-hydrogen) atoms. The third-order valence-corrected chi connectivity index (χ3v) is 1.58. The van der Waals surface area contributed by atoms with Gasteiger partial charge in [0.2, 0.25) is 0 Å². The fourth-order valence-corrected chi connectivity index (χ4v) is 0.565. The summed E-state index contributed by atoms with van der Waals surface area (Å²) in [5.74, 6) is -0.0186. The van der Waals surface area contributed by atoms with Crippen molar-refractivity contribution < 1.29 is 9.59 Å². The van der Waals surface area contributed by atoms with Crippen molar-refractivity contribution in [1.29, 1.82) is 0 Å². The Morgan fingerprint density at radius 2 is 1.91 bits per heavy atom. The molecule has 2 heteroatoms. The molecule has 0 aliphatic heterocycles. The standard InChI is InChI=1S/C9H14O2/c1-4-7(2)9(11)6-5-8(3)10/h5-7H,4H2,1-3H3/b6-5-. The fraction of sp³-hybridized carbons (Fsp3) is 0.556. The van der Waals surface area contributed by atoms with Crippen LogP contribution in [0.1, 0.15) is 27.2 Å². The summed E-state index contributed by atoms with van der Waals surface area (Å²) in [6, 6.07) is 0. The molecular formula is C9H14O2. The van der Waals surface area contributed by atoms with Crippen molar-refractivity contribution >= 4 is 11.6 Å². The van der Waals surface area contributed by atoms with E-state index in [4.69, 9.17) is 0 Å². The van der Waals surface area contributed by atoms with Gasteiger partial charge in [-0.2, -0.15) is 0 Å². The van der Waals surface area contributed by atoms with Crippen LogP contribution in [0.5, 0.6) is 0 Å². The first-order valence-electron chi connectivity index (χ1n) is 3.80. The van der Waals surface area contributed by atoms with Gasteiger partial charge in [-0.05, 0) is 25.5 Å². The van der Waals surface area contributed by atoms with E-state index in [2.05, 4.69) is 0 Å². The minimum Gasteiger partial charge on any atom is -0.295 e. The van der Waals surface area contributed by atoms with Crippen molar-refractivity contribution in [2.75, 3.05) is 0 Å². The molecule has 0 spiro atoms. The molecule has 0 N–H and O–H groups in total. The molecule has 0 aromatic rings. The summed E-state index contributed by atoms with van der Waals surface area (Å²) in [4.78, 5) is 21.5. The zero-order chi connectivity index (χ0) is 8.85. The number of hydrogen-bond acceptors (Lipinski definition) is 2. The Morgan fingerprint density at radius 1 is 1.36 bits per heavy atom. The first kappa shape index (κ1) is 10.1. The molecule has 0 rings (SSSR count). The maximum absolute atomic E-state index is 11.0. The summed E-state index contributed by atoms with van der Waals surface area (Å²) in [6.07, 6.45) is 3.49. The van der Waals surface area contributed by atoms with Gasteiger partial charge < -0.3 is 0 Å².